The Bertz CT molecular complexity index is 410. The first-order valence-electron chi connectivity index (χ1n) is 5.27. The number of rotatable bonds is 5. The van der Waals surface area contributed by atoms with Gasteiger partial charge in [-0.15, -0.1) is 11.8 Å². The van der Waals surface area contributed by atoms with Gasteiger partial charge in [-0.05, 0) is 25.0 Å². The molecule has 0 fully saturated rings. The Kier molecular flexibility index (Phi) is 5.24. The zero-order valence-corrected chi connectivity index (χ0v) is 10.7. The van der Waals surface area contributed by atoms with E-state index in [4.69, 9.17) is 16.0 Å². The fourth-order valence-electron chi connectivity index (χ4n) is 1.20. The summed E-state index contributed by atoms with van der Waals surface area (Å²) < 4.78 is 0. The maximum absolute atomic E-state index is 8.94. The number of aromatic nitrogens is 1. The minimum Gasteiger partial charge on any atom is -0.409 e. The van der Waals surface area contributed by atoms with Crippen LogP contribution in [0.25, 0.3) is 0 Å². The predicted octanol–water partition coefficient (Wildman–Crippen LogP) is 1.21. The lowest BCUT2D eigenvalue weighted by atomic mass is 10.2. The Hall–Kier alpha value is -1.27. The van der Waals surface area contributed by atoms with Crippen molar-refractivity contribution < 1.29 is 10.3 Å². The molecule has 5 nitrogen and oxygen atoms in total. The van der Waals surface area contributed by atoms with Gasteiger partial charge in [0.25, 0.3) is 0 Å². The van der Waals surface area contributed by atoms with Crippen molar-refractivity contribution >= 4 is 17.6 Å². The lowest BCUT2D eigenvalue weighted by molar-refractivity contribution is 0.250. The van der Waals surface area contributed by atoms with Gasteiger partial charge < -0.3 is 16.0 Å². The SMILES string of the molecule is Cc1cc(/C(N)=N/O)cc(SCC(C)CO)n1. The predicted molar refractivity (Wildman–Crippen MR) is 68.5 cm³/mol. The normalized spacial score (nSPS) is 13.7. The quantitative estimate of drug-likeness (QED) is 0.242. The molecule has 1 atom stereocenters. The molecule has 1 heterocycles. The molecular formula is C11H17N3O2S. The highest BCUT2D eigenvalue weighted by Crippen LogP contribution is 2.20. The van der Waals surface area contributed by atoms with Gasteiger partial charge in [0.2, 0.25) is 0 Å². The van der Waals surface area contributed by atoms with Crippen LogP contribution in [0.5, 0.6) is 0 Å². The molecular weight excluding hydrogens is 238 g/mol. The molecule has 0 saturated heterocycles. The number of aliphatic hydroxyl groups is 1. The lowest BCUT2D eigenvalue weighted by Crippen LogP contribution is -2.14. The van der Waals surface area contributed by atoms with Crippen molar-refractivity contribution in [2.24, 2.45) is 16.8 Å². The third kappa shape index (κ3) is 4.24. The van der Waals surface area contributed by atoms with Crippen molar-refractivity contribution in [3.8, 4) is 0 Å². The van der Waals surface area contributed by atoms with E-state index in [1.54, 1.807) is 23.9 Å². The Morgan fingerprint density at radius 3 is 2.88 bits per heavy atom. The third-order valence-electron chi connectivity index (χ3n) is 2.16. The van der Waals surface area contributed by atoms with Crippen molar-refractivity contribution in [3.63, 3.8) is 0 Å². The van der Waals surface area contributed by atoms with E-state index in [9.17, 15) is 0 Å². The lowest BCUT2D eigenvalue weighted by Gasteiger charge is -2.08. The zero-order chi connectivity index (χ0) is 12.8. The van der Waals surface area contributed by atoms with Crippen molar-refractivity contribution in [2.75, 3.05) is 12.4 Å². The van der Waals surface area contributed by atoms with Gasteiger partial charge in [0.1, 0.15) is 0 Å². The summed E-state index contributed by atoms with van der Waals surface area (Å²) in [5.41, 5.74) is 7.00. The summed E-state index contributed by atoms with van der Waals surface area (Å²) in [5.74, 6) is 1.07. The van der Waals surface area contributed by atoms with Gasteiger partial charge in [-0.3, -0.25) is 0 Å². The van der Waals surface area contributed by atoms with Gasteiger partial charge in [-0.1, -0.05) is 12.1 Å². The van der Waals surface area contributed by atoms with Crippen LogP contribution in [0.4, 0.5) is 0 Å². The first-order chi connectivity index (χ1) is 8.06. The first-order valence-corrected chi connectivity index (χ1v) is 6.25. The summed E-state index contributed by atoms with van der Waals surface area (Å²) in [6.45, 7) is 3.98. The number of thioether (sulfide) groups is 1. The van der Waals surface area contributed by atoms with Crippen molar-refractivity contribution in [3.05, 3.63) is 23.4 Å². The molecule has 0 radical (unpaired) electrons. The van der Waals surface area contributed by atoms with Crippen LogP contribution in [0.3, 0.4) is 0 Å². The van der Waals surface area contributed by atoms with Crippen LogP contribution in [0.15, 0.2) is 22.3 Å². The minimum absolute atomic E-state index is 0.0764. The summed E-state index contributed by atoms with van der Waals surface area (Å²) in [5, 5.41) is 21.4. The van der Waals surface area contributed by atoms with E-state index < -0.39 is 0 Å². The number of aryl methyl sites for hydroxylation is 1. The monoisotopic (exact) mass is 255 g/mol. The van der Waals surface area contributed by atoms with E-state index in [0.29, 0.717) is 5.56 Å². The molecule has 17 heavy (non-hydrogen) atoms. The molecule has 0 aromatic carbocycles. The van der Waals surface area contributed by atoms with E-state index in [1.807, 2.05) is 13.8 Å². The second-order valence-corrected chi connectivity index (χ2v) is 4.96. The average Bonchev–Trinajstić information content (AvgIpc) is 2.34. The van der Waals surface area contributed by atoms with Crippen LogP contribution < -0.4 is 5.73 Å². The van der Waals surface area contributed by atoms with Gasteiger partial charge in [0.05, 0.1) is 5.03 Å². The van der Waals surface area contributed by atoms with Crippen molar-refractivity contribution in [2.45, 2.75) is 18.9 Å². The van der Waals surface area contributed by atoms with Crippen LogP contribution in [0, 0.1) is 12.8 Å². The van der Waals surface area contributed by atoms with Crippen LogP contribution in [-0.2, 0) is 0 Å². The molecule has 0 aliphatic carbocycles. The van der Waals surface area contributed by atoms with E-state index in [1.165, 1.54) is 0 Å². The van der Waals surface area contributed by atoms with Gasteiger partial charge in [0, 0.05) is 23.6 Å². The number of hydrogen-bond donors (Lipinski definition) is 3. The molecule has 4 N–H and O–H groups in total. The van der Waals surface area contributed by atoms with Gasteiger partial charge in [-0.2, -0.15) is 0 Å². The highest BCUT2D eigenvalue weighted by atomic mass is 32.2. The number of amidine groups is 1. The van der Waals surface area contributed by atoms with Gasteiger partial charge in [-0.25, -0.2) is 4.98 Å². The summed E-state index contributed by atoms with van der Waals surface area (Å²) in [6, 6.07) is 3.53. The van der Waals surface area contributed by atoms with Crippen LogP contribution in [0.2, 0.25) is 0 Å². The summed E-state index contributed by atoms with van der Waals surface area (Å²) in [7, 11) is 0. The Balaban J connectivity index is 2.83. The number of pyridine rings is 1. The van der Waals surface area contributed by atoms with E-state index >= 15 is 0 Å². The summed E-state index contributed by atoms with van der Waals surface area (Å²) in [6.07, 6.45) is 0. The highest BCUT2D eigenvalue weighted by Gasteiger charge is 2.07. The molecule has 0 saturated carbocycles. The number of nitrogens with zero attached hydrogens (tertiary/aromatic N) is 2. The number of hydrogen-bond acceptors (Lipinski definition) is 5. The second-order valence-electron chi connectivity index (χ2n) is 3.92. The maximum Gasteiger partial charge on any atom is 0.170 e. The molecule has 0 bridgehead atoms. The van der Waals surface area contributed by atoms with Gasteiger partial charge in [0.15, 0.2) is 5.84 Å². The Labute approximate surface area is 105 Å². The number of oxime groups is 1. The minimum atomic E-state index is 0.0764. The average molecular weight is 255 g/mol. The van der Waals surface area contributed by atoms with E-state index in [2.05, 4.69) is 10.1 Å². The largest absolute Gasteiger partial charge is 0.409 e. The molecule has 0 aliphatic rings. The highest BCUT2D eigenvalue weighted by molar-refractivity contribution is 7.99. The smallest absolute Gasteiger partial charge is 0.170 e. The molecule has 0 spiro atoms. The second kappa shape index (κ2) is 6.46. The first kappa shape index (κ1) is 13.8. The molecule has 1 aromatic heterocycles. The topological polar surface area (TPSA) is 91.7 Å². The van der Waals surface area contributed by atoms with Gasteiger partial charge >= 0.3 is 0 Å². The molecule has 0 amide bonds. The van der Waals surface area contributed by atoms with E-state index in [0.717, 1.165) is 16.5 Å². The van der Waals surface area contributed by atoms with E-state index in [-0.39, 0.29) is 18.4 Å². The number of nitrogens with two attached hydrogens (primary N) is 1. The molecule has 1 aromatic rings. The van der Waals surface area contributed by atoms with Crippen molar-refractivity contribution in [1.82, 2.24) is 4.98 Å². The van der Waals surface area contributed by atoms with Crippen LogP contribution in [0.1, 0.15) is 18.2 Å². The molecule has 1 unspecified atom stereocenters. The fraction of sp³-hybridized carbons (Fsp3) is 0.455. The Morgan fingerprint density at radius 2 is 2.29 bits per heavy atom. The Morgan fingerprint density at radius 1 is 1.59 bits per heavy atom. The number of aliphatic hydroxyl groups excluding tert-OH is 1. The third-order valence-corrected chi connectivity index (χ3v) is 3.40. The van der Waals surface area contributed by atoms with Crippen LogP contribution >= 0.6 is 11.8 Å². The van der Waals surface area contributed by atoms with Crippen LogP contribution in [-0.4, -0.2) is 33.5 Å². The standard InChI is InChI=1S/C11H17N3O2S/c1-7(5-15)6-17-10-4-9(11(12)14-16)3-8(2)13-10/h3-4,7,15-16H,5-6H2,1-2H3,(H2,12,14). The maximum atomic E-state index is 8.94. The molecule has 94 valence electrons. The summed E-state index contributed by atoms with van der Waals surface area (Å²) >= 11 is 1.55. The van der Waals surface area contributed by atoms with Crippen molar-refractivity contribution in [1.29, 1.82) is 0 Å². The summed E-state index contributed by atoms with van der Waals surface area (Å²) in [4.78, 5) is 4.35. The molecule has 1 rings (SSSR count). The molecule has 6 heteroatoms. The fourth-order valence-corrected chi connectivity index (χ4v) is 2.18. The molecule has 0 aliphatic heterocycles. The zero-order valence-electron chi connectivity index (χ0n) is 9.92.